The van der Waals surface area contributed by atoms with Gasteiger partial charge in [0.25, 0.3) is 0 Å². The Hall–Kier alpha value is -13.3. The van der Waals surface area contributed by atoms with Gasteiger partial charge in [0.05, 0.1) is 44.3 Å². The quantitative estimate of drug-likeness (QED) is 0.0850. The van der Waals surface area contributed by atoms with Crippen molar-refractivity contribution in [2.75, 3.05) is 0 Å². The van der Waals surface area contributed by atoms with Gasteiger partial charge in [-0.3, -0.25) is 19.9 Å². The first-order valence-corrected chi connectivity index (χ1v) is 51.2. The van der Waals surface area contributed by atoms with Crippen LogP contribution in [0.2, 0.25) is 0 Å². The van der Waals surface area contributed by atoms with E-state index in [0.29, 0.717) is 0 Å². The molecule has 0 aliphatic heterocycles. The van der Waals surface area contributed by atoms with Crippen LogP contribution in [0.4, 0.5) is 0 Å². The number of hydrogen-bond donors (Lipinski definition) is 4. The van der Waals surface area contributed by atoms with E-state index in [4.69, 9.17) is 34.9 Å². The maximum atomic E-state index is 10.6. The van der Waals surface area contributed by atoms with E-state index in [1.54, 1.807) is 69.6 Å². The van der Waals surface area contributed by atoms with Gasteiger partial charge in [0.1, 0.15) is 43.0 Å². The maximum absolute atomic E-state index is 10.6. The van der Waals surface area contributed by atoms with Crippen LogP contribution >= 0.6 is 45.3 Å². The summed E-state index contributed by atoms with van der Waals surface area (Å²) in [6.07, 6.45) is 7.64. The van der Waals surface area contributed by atoms with E-state index in [-0.39, 0.29) is 129 Å². The zero-order valence-electron chi connectivity index (χ0n) is 82.9. The Morgan fingerprint density at radius 1 is 0.216 bits per heavy atom. The van der Waals surface area contributed by atoms with Crippen LogP contribution in [0.1, 0.15) is 105 Å². The Kier molecular flexibility index (Phi) is 31.7. The number of pyridine rings is 4. The standard InChI is InChI=1S/C36H33N2OS.2C32H25N2OS.C28H17N2OS.4Pt/c1-35(2,3)26-16-24(15-25(17-26)30-18-22-11-7-8-12-23(22)21-37-30)29-19-27(36(4,5)6)20-32-33(29)38-34(40-32)28-13-9-10-14-31(28)39;1-32(2,3)24-17-26(30-29(18-24)36-31(34-30)25-13-6-7-14-28(25)35)21-11-8-12-22(15-21)27-16-20-9-4-5-10-23(20)19-33-27;1-32(2,3)24-16-22(15-23(17-24)27-18-20-9-4-5-10-21(20)19-33-27)25-12-8-14-29-30(25)34-31(36-29)26-11-6-7-13-28(26)35;31-24-13-4-3-11-23(24)28-30-27-22(12-6-14-25(27)32-28)19-8-5-9-20(17-19)26-21-10-2-1-7-18(21)15-16-29-26;;;;/h7-14,16-21,39H,1-6H3;2*4-14,16-19,35H,1-3H3;1-16,31H;;;;/q4*-1;;;;. The second kappa shape index (κ2) is 44.2. The van der Waals surface area contributed by atoms with E-state index in [1.807, 2.05) is 158 Å². The Morgan fingerprint density at radius 2 is 0.493 bits per heavy atom. The van der Waals surface area contributed by atoms with Crippen LogP contribution in [-0.2, 0) is 106 Å². The largest absolute Gasteiger partial charge is 0.507 e. The molecule has 0 amide bonds. The van der Waals surface area contributed by atoms with Crippen LogP contribution in [0.5, 0.6) is 23.0 Å². The predicted molar refractivity (Wildman–Crippen MR) is 602 cm³/mol. The van der Waals surface area contributed by atoms with Crippen molar-refractivity contribution < 1.29 is 105 Å². The molecule has 8 heterocycles. The smallest absolute Gasteiger partial charge is 0.127 e. The van der Waals surface area contributed by atoms with Crippen molar-refractivity contribution in [3.8, 4) is 155 Å². The van der Waals surface area contributed by atoms with Crippen LogP contribution in [0, 0.1) is 24.3 Å². The monoisotopic (exact) mass is 2720 g/mol. The number of phenols is 4. The summed E-state index contributed by atoms with van der Waals surface area (Å²) >= 11 is 6.39. The van der Waals surface area contributed by atoms with Crippen molar-refractivity contribution in [2.45, 2.75) is 105 Å². The predicted octanol–water partition coefficient (Wildman–Crippen LogP) is 34.6. The number of aromatic hydroxyl groups is 4. The second-order valence-corrected chi connectivity index (χ2v) is 44.3. The molecule has 0 fully saturated rings. The van der Waals surface area contributed by atoms with Crippen molar-refractivity contribution >= 4 is 129 Å². The second-order valence-electron chi connectivity index (χ2n) is 40.2. The first-order valence-electron chi connectivity index (χ1n) is 47.9. The van der Waals surface area contributed by atoms with Crippen LogP contribution in [0.3, 0.4) is 0 Å². The van der Waals surface area contributed by atoms with Gasteiger partial charge in [0.15, 0.2) is 0 Å². The molecule has 4 N–H and O–H groups in total. The normalized spacial score (nSPS) is 11.5. The number of aromatic nitrogens is 8. The number of nitrogens with zero attached hydrogens (tertiary/aromatic N) is 8. The molecule has 24 aromatic rings. The van der Waals surface area contributed by atoms with Gasteiger partial charge < -0.3 is 20.4 Å². The van der Waals surface area contributed by atoms with Gasteiger partial charge in [-0.2, -0.15) is 0 Å². The minimum absolute atomic E-state index is 0. The summed E-state index contributed by atoms with van der Waals surface area (Å²) < 4.78 is 4.34. The summed E-state index contributed by atoms with van der Waals surface area (Å²) in [4.78, 5) is 39.0. The number of phenolic OH excluding ortho intramolecular Hbond substituents is 4. The van der Waals surface area contributed by atoms with E-state index in [9.17, 15) is 20.4 Å². The summed E-state index contributed by atoms with van der Waals surface area (Å²) in [7, 11) is 0. The molecule has 0 radical (unpaired) electrons. The Balaban J connectivity index is 0.000000134. The minimum atomic E-state index is -0.0702. The number of thiazole rings is 4. The molecule has 12 nitrogen and oxygen atoms in total. The average Bonchev–Trinajstić information content (AvgIpc) is 1.58. The van der Waals surface area contributed by atoms with Crippen molar-refractivity contribution in [3.05, 3.63) is 411 Å². The van der Waals surface area contributed by atoms with E-state index < -0.39 is 0 Å². The summed E-state index contributed by atoms with van der Waals surface area (Å²) in [5.74, 6) is 0.961. The number of hydrogen-bond acceptors (Lipinski definition) is 16. The van der Waals surface area contributed by atoms with E-state index in [1.165, 1.54) is 22.3 Å². The van der Waals surface area contributed by atoms with Crippen molar-refractivity contribution in [1.29, 1.82) is 0 Å². The van der Waals surface area contributed by atoms with Crippen LogP contribution in [0.25, 0.3) is 216 Å². The molecule has 744 valence electrons. The van der Waals surface area contributed by atoms with Gasteiger partial charge >= 0.3 is 0 Å². The van der Waals surface area contributed by atoms with Crippen LogP contribution in [0.15, 0.2) is 365 Å². The van der Waals surface area contributed by atoms with Crippen molar-refractivity contribution in [2.24, 2.45) is 0 Å². The Bertz CT molecular complexity index is 9080. The first kappa shape index (κ1) is 106. The van der Waals surface area contributed by atoms with Crippen molar-refractivity contribution in [1.82, 2.24) is 39.9 Å². The van der Waals surface area contributed by atoms with Crippen molar-refractivity contribution in [3.63, 3.8) is 0 Å². The van der Waals surface area contributed by atoms with Gasteiger partial charge in [-0.25, -0.2) is 19.9 Å². The summed E-state index contributed by atoms with van der Waals surface area (Å²) in [6.45, 7) is 26.8. The number of fused-ring (bicyclic) bond motifs is 8. The first-order chi connectivity index (χ1) is 69.5. The molecule has 0 saturated heterocycles. The molecule has 0 spiro atoms. The van der Waals surface area contributed by atoms with Gasteiger partial charge in [-0.15, -0.1) is 164 Å². The molecule has 0 aliphatic carbocycles. The molecule has 0 bridgehead atoms. The SMILES string of the molecule is CC(C)(C)c1cc(-c2[c-]c(-c3cc4ccccc4cn3)ccc2)c2nc(-c3ccccc3O)sc2c1.CC(C)(C)c1cc(-c2cc3ccccc3cn2)[c-]c(-c2cc(C(C)(C)C)cc3sc(-c4ccccc4O)nc23)c1.CC(C)(C)c1cc(-c2cc3ccccc3cn2)[c-]c(-c2cccc3sc(-c4ccccc4O)nc23)c1.Oc1ccccc1-c1nc2c(-c3[c-]c(-c4nccc5ccccc45)ccc3)cccc2s1.[Pt].[Pt].[Pt].[Pt]. The molecular weight excluding hydrogens is 2620 g/mol. The fraction of sp³-hybridized carbons (Fsp3) is 0.125. The summed E-state index contributed by atoms with van der Waals surface area (Å²) in [5, 5.41) is 54.0. The molecule has 24 rings (SSSR count). The molecule has 0 unspecified atom stereocenters. The zero-order valence-corrected chi connectivity index (χ0v) is 95.3. The fourth-order valence-corrected chi connectivity index (χ4v) is 22.1. The molecule has 8 aromatic heterocycles. The molecule has 0 aliphatic rings. The van der Waals surface area contributed by atoms with Gasteiger partial charge in [0, 0.05) is 151 Å². The summed E-state index contributed by atoms with van der Waals surface area (Å²) in [5.41, 5.74) is 26.9. The third-order valence-corrected chi connectivity index (χ3v) is 30.1. The number of para-hydroxylation sites is 6. The van der Waals surface area contributed by atoms with E-state index >= 15 is 0 Å². The Labute approximate surface area is 935 Å². The molecule has 16 aromatic carbocycles. The molecule has 0 atom stereocenters. The maximum Gasteiger partial charge on any atom is 0.127 e. The molecule has 20 heteroatoms. The molecular formula is C128H100N8O4Pt4S4-4. The number of benzene rings is 16. The van der Waals surface area contributed by atoms with Gasteiger partial charge in [-0.05, 0) is 155 Å². The van der Waals surface area contributed by atoms with Gasteiger partial charge in [0.2, 0.25) is 0 Å². The summed E-state index contributed by atoms with van der Waals surface area (Å²) in [6, 6.07) is 128. The zero-order chi connectivity index (χ0) is 99.5. The third-order valence-electron chi connectivity index (χ3n) is 26.0. The minimum Gasteiger partial charge on any atom is -0.507 e. The van der Waals surface area contributed by atoms with Crippen LogP contribution < -0.4 is 0 Å². The van der Waals surface area contributed by atoms with Crippen LogP contribution in [-0.4, -0.2) is 60.3 Å². The topological polar surface area (TPSA) is 184 Å². The fourth-order valence-electron chi connectivity index (χ4n) is 17.9. The average molecular weight is 2720 g/mol. The number of rotatable bonds is 12. The molecule has 148 heavy (non-hydrogen) atoms. The van der Waals surface area contributed by atoms with Gasteiger partial charge in [-0.1, -0.05) is 328 Å². The molecule has 0 saturated carbocycles. The van der Waals surface area contributed by atoms with E-state index in [2.05, 4.69) is 294 Å². The third kappa shape index (κ3) is 22.5. The Morgan fingerprint density at radius 3 is 0.892 bits per heavy atom. The van der Waals surface area contributed by atoms with E-state index in [0.717, 1.165) is 216 Å².